The third-order valence-electron chi connectivity index (χ3n) is 3.73. The molecule has 0 amide bonds. The molecular formula is C14H18N4O2. The lowest BCUT2D eigenvalue weighted by atomic mass is 9.75. The van der Waals surface area contributed by atoms with Gasteiger partial charge in [0, 0.05) is 30.6 Å². The second-order valence-electron chi connectivity index (χ2n) is 5.38. The number of methoxy groups -OCH3 is 1. The van der Waals surface area contributed by atoms with Crippen molar-refractivity contribution in [3.8, 4) is 5.88 Å². The lowest BCUT2D eigenvalue weighted by Gasteiger charge is -2.36. The number of ether oxygens (including phenoxy) is 1. The maximum absolute atomic E-state index is 6.18. The van der Waals surface area contributed by atoms with Gasteiger partial charge in [-0.15, -0.1) is 0 Å². The maximum atomic E-state index is 6.18. The Morgan fingerprint density at radius 1 is 1.40 bits per heavy atom. The zero-order chi connectivity index (χ0) is 14.0. The maximum Gasteiger partial charge on any atom is 0.228 e. The molecule has 2 aromatic rings. The van der Waals surface area contributed by atoms with E-state index in [0.717, 1.165) is 18.4 Å². The van der Waals surface area contributed by atoms with E-state index in [9.17, 15) is 0 Å². The summed E-state index contributed by atoms with van der Waals surface area (Å²) in [5.74, 6) is 1.89. The molecule has 2 N–H and O–H groups in total. The molecule has 0 spiro atoms. The van der Waals surface area contributed by atoms with Crippen molar-refractivity contribution < 1.29 is 9.26 Å². The van der Waals surface area contributed by atoms with Crippen LogP contribution < -0.4 is 10.5 Å². The van der Waals surface area contributed by atoms with E-state index in [2.05, 4.69) is 15.1 Å². The first-order valence-electron chi connectivity index (χ1n) is 6.76. The normalized spacial score (nSPS) is 16.7. The van der Waals surface area contributed by atoms with Gasteiger partial charge in [-0.3, -0.25) is 0 Å². The Bertz CT molecular complexity index is 575. The van der Waals surface area contributed by atoms with Crippen molar-refractivity contribution in [3.05, 3.63) is 35.6 Å². The van der Waals surface area contributed by atoms with Crippen LogP contribution in [0.1, 0.15) is 36.5 Å². The zero-order valence-corrected chi connectivity index (χ0v) is 11.5. The molecular weight excluding hydrogens is 256 g/mol. The van der Waals surface area contributed by atoms with Crippen molar-refractivity contribution in [1.29, 1.82) is 0 Å². The van der Waals surface area contributed by atoms with Crippen LogP contribution >= 0.6 is 0 Å². The second kappa shape index (κ2) is 5.20. The molecule has 0 bridgehead atoms. The van der Waals surface area contributed by atoms with Crippen LogP contribution in [-0.4, -0.2) is 27.8 Å². The highest BCUT2D eigenvalue weighted by Crippen LogP contribution is 2.31. The Balaban J connectivity index is 1.64. The van der Waals surface area contributed by atoms with Crippen LogP contribution in [0.2, 0.25) is 0 Å². The topological polar surface area (TPSA) is 87.1 Å². The fourth-order valence-electron chi connectivity index (χ4n) is 2.36. The zero-order valence-electron chi connectivity index (χ0n) is 11.5. The molecule has 0 radical (unpaired) electrons. The van der Waals surface area contributed by atoms with Gasteiger partial charge in [0.2, 0.25) is 11.8 Å². The van der Waals surface area contributed by atoms with E-state index in [1.54, 1.807) is 13.3 Å². The summed E-state index contributed by atoms with van der Waals surface area (Å²) < 4.78 is 10.3. The van der Waals surface area contributed by atoms with Crippen molar-refractivity contribution in [2.45, 2.75) is 37.6 Å². The summed E-state index contributed by atoms with van der Waals surface area (Å²) in [7, 11) is 1.59. The molecule has 0 saturated heterocycles. The van der Waals surface area contributed by atoms with Gasteiger partial charge in [0.25, 0.3) is 0 Å². The number of nitrogens with zero attached hydrogens (tertiary/aromatic N) is 3. The van der Waals surface area contributed by atoms with Gasteiger partial charge in [-0.05, 0) is 24.8 Å². The van der Waals surface area contributed by atoms with Crippen LogP contribution in [-0.2, 0) is 12.8 Å². The van der Waals surface area contributed by atoms with Gasteiger partial charge in [-0.2, -0.15) is 4.98 Å². The summed E-state index contributed by atoms with van der Waals surface area (Å²) in [6.45, 7) is 0. The van der Waals surface area contributed by atoms with Crippen LogP contribution in [0.15, 0.2) is 22.9 Å². The standard InChI is InChI=1S/C14H18N4O2/c1-19-12-4-3-10(9-16-12)7-11-17-13(20-18-11)8-14(15)5-2-6-14/h3-4,9H,2,5-8,15H2,1H3. The molecule has 1 fully saturated rings. The van der Waals surface area contributed by atoms with Gasteiger partial charge >= 0.3 is 0 Å². The van der Waals surface area contributed by atoms with E-state index < -0.39 is 0 Å². The molecule has 3 rings (SSSR count). The molecule has 0 aliphatic heterocycles. The Morgan fingerprint density at radius 2 is 2.25 bits per heavy atom. The smallest absolute Gasteiger partial charge is 0.228 e. The van der Waals surface area contributed by atoms with Gasteiger partial charge in [0.05, 0.1) is 7.11 Å². The number of rotatable bonds is 5. The summed E-state index contributed by atoms with van der Waals surface area (Å²) in [5, 5.41) is 4.00. The summed E-state index contributed by atoms with van der Waals surface area (Å²) in [6, 6.07) is 3.76. The second-order valence-corrected chi connectivity index (χ2v) is 5.38. The van der Waals surface area contributed by atoms with Gasteiger partial charge in [0.15, 0.2) is 5.82 Å². The molecule has 6 heteroatoms. The Kier molecular flexibility index (Phi) is 3.40. The highest BCUT2D eigenvalue weighted by molar-refractivity contribution is 5.20. The molecule has 0 atom stereocenters. The number of pyridine rings is 1. The highest BCUT2D eigenvalue weighted by atomic mass is 16.5. The van der Waals surface area contributed by atoms with Gasteiger partial charge in [-0.25, -0.2) is 4.98 Å². The Morgan fingerprint density at radius 3 is 2.85 bits per heavy atom. The van der Waals surface area contributed by atoms with Crippen molar-refractivity contribution in [2.24, 2.45) is 5.73 Å². The molecule has 0 unspecified atom stereocenters. The quantitative estimate of drug-likeness (QED) is 0.888. The summed E-state index contributed by atoms with van der Waals surface area (Å²) in [5.41, 5.74) is 7.06. The van der Waals surface area contributed by atoms with E-state index in [-0.39, 0.29) is 5.54 Å². The van der Waals surface area contributed by atoms with Crippen molar-refractivity contribution in [2.75, 3.05) is 7.11 Å². The van der Waals surface area contributed by atoms with Crippen LogP contribution in [0.25, 0.3) is 0 Å². The molecule has 1 aliphatic rings. The number of hydrogen-bond acceptors (Lipinski definition) is 6. The molecule has 0 aromatic carbocycles. The predicted molar refractivity (Wildman–Crippen MR) is 72.4 cm³/mol. The van der Waals surface area contributed by atoms with E-state index >= 15 is 0 Å². The van der Waals surface area contributed by atoms with Crippen molar-refractivity contribution >= 4 is 0 Å². The van der Waals surface area contributed by atoms with E-state index in [4.69, 9.17) is 15.0 Å². The van der Waals surface area contributed by atoms with E-state index in [0.29, 0.717) is 30.4 Å². The average molecular weight is 274 g/mol. The van der Waals surface area contributed by atoms with Gasteiger partial charge in [-0.1, -0.05) is 11.2 Å². The Labute approximate surface area is 117 Å². The molecule has 2 aromatic heterocycles. The predicted octanol–water partition coefficient (Wildman–Crippen LogP) is 1.49. The van der Waals surface area contributed by atoms with E-state index in [1.165, 1.54) is 6.42 Å². The largest absolute Gasteiger partial charge is 0.481 e. The minimum atomic E-state index is -0.133. The molecule has 1 aliphatic carbocycles. The van der Waals surface area contributed by atoms with Crippen LogP contribution in [0, 0.1) is 0 Å². The van der Waals surface area contributed by atoms with Gasteiger partial charge < -0.3 is 15.0 Å². The highest BCUT2D eigenvalue weighted by Gasteiger charge is 2.34. The molecule has 2 heterocycles. The van der Waals surface area contributed by atoms with Crippen LogP contribution in [0.4, 0.5) is 0 Å². The minimum Gasteiger partial charge on any atom is -0.481 e. The van der Waals surface area contributed by atoms with Gasteiger partial charge in [0.1, 0.15) is 0 Å². The van der Waals surface area contributed by atoms with Crippen LogP contribution in [0.3, 0.4) is 0 Å². The monoisotopic (exact) mass is 274 g/mol. The fourth-order valence-corrected chi connectivity index (χ4v) is 2.36. The number of nitrogens with two attached hydrogens (primary N) is 1. The first-order valence-corrected chi connectivity index (χ1v) is 6.76. The number of aromatic nitrogens is 3. The summed E-state index contributed by atoms with van der Waals surface area (Å²) >= 11 is 0. The third kappa shape index (κ3) is 2.80. The summed E-state index contributed by atoms with van der Waals surface area (Å²) in [6.07, 6.45) is 6.28. The minimum absolute atomic E-state index is 0.133. The molecule has 106 valence electrons. The average Bonchev–Trinajstić information content (AvgIpc) is 2.85. The molecule has 20 heavy (non-hydrogen) atoms. The third-order valence-corrected chi connectivity index (χ3v) is 3.73. The lowest BCUT2D eigenvalue weighted by Crippen LogP contribution is -2.48. The van der Waals surface area contributed by atoms with E-state index in [1.807, 2.05) is 12.1 Å². The Hall–Kier alpha value is -1.95. The SMILES string of the molecule is COc1ccc(Cc2noc(CC3(N)CCC3)n2)cn1. The summed E-state index contributed by atoms with van der Waals surface area (Å²) in [4.78, 5) is 8.55. The first kappa shape index (κ1) is 13.1. The first-order chi connectivity index (χ1) is 9.67. The lowest BCUT2D eigenvalue weighted by molar-refractivity contribution is 0.221. The van der Waals surface area contributed by atoms with Crippen molar-refractivity contribution in [1.82, 2.24) is 15.1 Å². The fraction of sp³-hybridized carbons (Fsp3) is 0.500. The number of hydrogen-bond donors (Lipinski definition) is 1. The van der Waals surface area contributed by atoms with Crippen molar-refractivity contribution in [3.63, 3.8) is 0 Å². The molecule has 1 saturated carbocycles. The molecule has 6 nitrogen and oxygen atoms in total. The van der Waals surface area contributed by atoms with Crippen LogP contribution in [0.5, 0.6) is 5.88 Å².